The second-order valence-corrected chi connectivity index (χ2v) is 7.83. The van der Waals surface area contributed by atoms with Gasteiger partial charge in [-0.1, -0.05) is 27.7 Å². The molecule has 1 aliphatic rings. The van der Waals surface area contributed by atoms with Gasteiger partial charge in [-0.05, 0) is 43.9 Å². The number of nitrogens with one attached hydrogen (secondary N) is 1. The average Bonchev–Trinajstić information content (AvgIpc) is 2.36. The molecule has 1 saturated carbocycles. The third kappa shape index (κ3) is 5.77. The maximum Gasteiger partial charge on any atom is 0.220 e. The summed E-state index contributed by atoms with van der Waals surface area (Å²) < 4.78 is 0. The third-order valence-electron chi connectivity index (χ3n) is 4.50. The summed E-state index contributed by atoms with van der Waals surface area (Å²) in [5.41, 5.74) is -0.835. The van der Waals surface area contributed by atoms with Crippen molar-refractivity contribution in [3.05, 3.63) is 0 Å². The lowest BCUT2D eigenvalue weighted by Gasteiger charge is -2.34. The van der Waals surface area contributed by atoms with Crippen molar-refractivity contribution in [3.8, 4) is 0 Å². The number of hydrogen-bond acceptors (Lipinski definition) is 3. The molecule has 1 rings (SSSR count). The third-order valence-corrected chi connectivity index (χ3v) is 4.50. The lowest BCUT2D eigenvalue weighted by atomic mass is 9.78. The van der Waals surface area contributed by atoms with Crippen LogP contribution in [0.5, 0.6) is 0 Å². The average molecular weight is 297 g/mol. The molecule has 0 aliphatic heterocycles. The minimum Gasteiger partial charge on any atom is -0.390 e. The summed E-state index contributed by atoms with van der Waals surface area (Å²) in [5, 5.41) is 12.9. The first-order valence-electron chi connectivity index (χ1n) is 8.09. The van der Waals surface area contributed by atoms with Crippen LogP contribution >= 0.6 is 0 Å². The fourth-order valence-corrected chi connectivity index (χ4v) is 2.97. The van der Waals surface area contributed by atoms with Gasteiger partial charge in [-0.25, -0.2) is 0 Å². The predicted octanol–water partition coefficient (Wildman–Crippen LogP) is 2.83. The Hall–Kier alpha value is -0.900. The second kappa shape index (κ2) is 6.91. The van der Waals surface area contributed by atoms with E-state index in [1.165, 1.54) is 0 Å². The highest BCUT2D eigenvalue weighted by Crippen LogP contribution is 2.33. The van der Waals surface area contributed by atoms with Crippen molar-refractivity contribution >= 4 is 11.7 Å². The van der Waals surface area contributed by atoms with Crippen molar-refractivity contribution in [1.82, 2.24) is 5.32 Å². The van der Waals surface area contributed by atoms with Gasteiger partial charge in [0, 0.05) is 12.8 Å². The van der Waals surface area contributed by atoms with Gasteiger partial charge in [0.05, 0.1) is 11.6 Å². The molecule has 2 N–H and O–H groups in total. The second-order valence-electron chi connectivity index (χ2n) is 7.83. The van der Waals surface area contributed by atoms with Crippen LogP contribution in [-0.2, 0) is 9.59 Å². The Bertz CT molecular complexity index is 372. The van der Waals surface area contributed by atoms with Crippen molar-refractivity contribution in [3.63, 3.8) is 0 Å². The van der Waals surface area contributed by atoms with E-state index in [0.717, 1.165) is 25.7 Å². The normalized spacial score (nSPS) is 28.0. The van der Waals surface area contributed by atoms with Crippen molar-refractivity contribution in [2.24, 2.45) is 11.3 Å². The Morgan fingerprint density at radius 2 is 1.81 bits per heavy atom. The molecule has 0 aromatic carbocycles. The molecule has 4 heteroatoms. The molecule has 0 heterocycles. The van der Waals surface area contributed by atoms with Gasteiger partial charge in [0.1, 0.15) is 0 Å². The van der Waals surface area contributed by atoms with Gasteiger partial charge in [0.2, 0.25) is 5.91 Å². The number of amides is 1. The van der Waals surface area contributed by atoms with E-state index in [9.17, 15) is 14.7 Å². The van der Waals surface area contributed by atoms with Gasteiger partial charge in [0.25, 0.3) is 0 Å². The van der Waals surface area contributed by atoms with Crippen LogP contribution in [0.15, 0.2) is 0 Å². The van der Waals surface area contributed by atoms with Crippen LogP contribution in [-0.4, -0.2) is 28.4 Å². The van der Waals surface area contributed by atoms with Gasteiger partial charge in [0.15, 0.2) is 5.78 Å². The van der Waals surface area contributed by atoms with E-state index in [2.05, 4.69) is 5.32 Å². The first kappa shape index (κ1) is 18.1. The van der Waals surface area contributed by atoms with Crippen LogP contribution in [0.1, 0.15) is 73.1 Å². The van der Waals surface area contributed by atoms with E-state index in [1.807, 2.05) is 34.6 Å². The van der Waals surface area contributed by atoms with Crippen molar-refractivity contribution in [2.45, 2.75) is 84.8 Å². The zero-order valence-corrected chi connectivity index (χ0v) is 14.2. The zero-order valence-electron chi connectivity index (χ0n) is 14.2. The molecular formula is C17H31NO3. The van der Waals surface area contributed by atoms with Crippen LogP contribution in [0.25, 0.3) is 0 Å². The minimum atomic E-state index is -0.570. The van der Waals surface area contributed by atoms with Crippen LogP contribution in [0.4, 0.5) is 0 Å². The summed E-state index contributed by atoms with van der Waals surface area (Å²) in [6.45, 7) is 9.62. The van der Waals surface area contributed by atoms with E-state index in [-0.39, 0.29) is 17.1 Å². The Morgan fingerprint density at radius 1 is 1.29 bits per heavy atom. The predicted molar refractivity (Wildman–Crippen MR) is 83.9 cm³/mol. The van der Waals surface area contributed by atoms with Crippen LogP contribution in [0, 0.1) is 11.3 Å². The van der Waals surface area contributed by atoms with Gasteiger partial charge < -0.3 is 10.4 Å². The topological polar surface area (TPSA) is 66.4 Å². The maximum absolute atomic E-state index is 12.2. The number of rotatable bonds is 5. The van der Waals surface area contributed by atoms with Crippen LogP contribution in [0.2, 0.25) is 0 Å². The van der Waals surface area contributed by atoms with Crippen molar-refractivity contribution < 1.29 is 14.7 Å². The molecule has 4 nitrogen and oxygen atoms in total. The Morgan fingerprint density at radius 3 is 2.24 bits per heavy atom. The zero-order chi connectivity index (χ0) is 16.3. The quantitative estimate of drug-likeness (QED) is 0.820. The molecular weight excluding hydrogens is 266 g/mol. The number of Topliss-reactive ketones (excluding diaryl/α,β-unsaturated/α-hetero) is 1. The van der Waals surface area contributed by atoms with E-state index in [0.29, 0.717) is 18.8 Å². The lowest BCUT2D eigenvalue weighted by molar-refractivity contribution is -0.131. The highest BCUT2D eigenvalue weighted by atomic mass is 16.3. The van der Waals surface area contributed by atoms with E-state index >= 15 is 0 Å². The summed E-state index contributed by atoms with van der Waals surface area (Å²) in [7, 11) is 0. The van der Waals surface area contributed by atoms with Crippen LogP contribution < -0.4 is 5.32 Å². The standard InChI is InChI=1S/C17H31NO3/c1-6-13(19)15(16(2,3)4)18-14(20)11-12-7-9-17(5,21)10-8-12/h12,15,21H,6-11H2,1-5H3,(H,18,20). The Balaban J connectivity index is 2.54. The summed E-state index contributed by atoms with van der Waals surface area (Å²) in [6, 6.07) is -0.415. The fraction of sp³-hybridized carbons (Fsp3) is 0.882. The molecule has 0 saturated heterocycles. The van der Waals surface area contributed by atoms with Crippen LogP contribution in [0.3, 0.4) is 0 Å². The number of hydrogen-bond donors (Lipinski definition) is 2. The molecule has 1 atom stereocenters. The molecule has 0 aromatic heterocycles. The van der Waals surface area contributed by atoms with Gasteiger partial charge in [-0.3, -0.25) is 9.59 Å². The summed E-state index contributed by atoms with van der Waals surface area (Å²) in [6.07, 6.45) is 4.15. The fourth-order valence-electron chi connectivity index (χ4n) is 2.97. The minimum absolute atomic E-state index is 0.0386. The molecule has 0 aromatic rings. The first-order chi connectivity index (χ1) is 9.55. The molecule has 1 amide bonds. The number of aliphatic hydroxyl groups is 1. The summed E-state index contributed by atoms with van der Waals surface area (Å²) in [5.74, 6) is 0.369. The Kier molecular flexibility index (Phi) is 5.97. The van der Waals surface area contributed by atoms with E-state index in [4.69, 9.17) is 0 Å². The molecule has 0 bridgehead atoms. The lowest BCUT2D eigenvalue weighted by Crippen LogP contribution is -2.49. The Labute approximate surface area is 128 Å². The molecule has 1 unspecified atom stereocenters. The largest absolute Gasteiger partial charge is 0.390 e. The molecule has 0 radical (unpaired) electrons. The summed E-state index contributed by atoms with van der Waals surface area (Å²) in [4.78, 5) is 24.2. The number of ketones is 1. The molecule has 1 fully saturated rings. The summed E-state index contributed by atoms with van der Waals surface area (Å²) >= 11 is 0. The highest BCUT2D eigenvalue weighted by molar-refractivity contribution is 5.89. The SMILES string of the molecule is CCC(=O)C(NC(=O)CC1CCC(C)(O)CC1)C(C)(C)C. The highest BCUT2D eigenvalue weighted by Gasteiger charge is 2.33. The van der Waals surface area contributed by atoms with Crippen molar-refractivity contribution in [1.29, 1.82) is 0 Å². The number of carbonyl (C=O) groups is 2. The molecule has 21 heavy (non-hydrogen) atoms. The maximum atomic E-state index is 12.2. The molecule has 1 aliphatic carbocycles. The number of carbonyl (C=O) groups excluding carboxylic acids is 2. The molecule has 122 valence electrons. The van der Waals surface area contributed by atoms with Gasteiger partial charge in [-0.15, -0.1) is 0 Å². The van der Waals surface area contributed by atoms with Gasteiger partial charge >= 0.3 is 0 Å². The van der Waals surface area contributed by atoms with Gasteiger partial charge in [-0.2, -0.15) is 0 Å². The first-order valence-corrected chi connectivity index (χ1v) is 8.09. The van der Waals surface area contributed by atoms with E-state index in [1.54, 1.807) is 0 Å². The van der Waals surface area contributed by atoms with E-state index < -0.39 is 11.6 Å². The van der Waals surface area contributed by atoms with Crippen molar-refractivity contribution in [2.75, 3.05) is 0 Å². The monoisotopic (exact) mass is 297 g/mol. The molecule has 0 spiro atoms. The smallest absolute Gasteiger partial charge is 0.220 e.